The summed E-state index contributed by atoms with van der Waals surface area (Å²) in [5, 5.41) is 0. The summed E-state index contributed by atoms with van der Waals surface area (Å²) in [6.07, 6.45) is 45.9. The smallest absolute Gasteiger partial charge is 0.472 e. The molecule has 0 aromatic carbocycles. The van der Waals surface area contributed by atoms with Gasteiger partial charge < -0.3 is 18.9 Å². The van der Waals surface area contributed by atoms with Gasteiger partial charge in [0.25, 0.3) is 0 Å². The molecule has 0 rings (SSSR count). The lowest BCUT2D eigenvalue weighted by Gasteiger charge is -2.24. The van der Waals surface area contributed by atoms with Crippen molar-refractivity contribution in [1.29, 1.82) is 0 Å². The lowest BCUT2D eigenvalue weighted by Crippen LogP contribution is -2.37. The van der Waals surface area contributed by atoms with Crippen LogP contribution in [0.15, 0.2) is 24.5 Å². The summed E-state index contributed by atoms with van der Waals surface area (Å²) >= 11 is 0. The van der Waals surface area contributed by atoms with Gasteiger partial charge in [0.05, 0.1) is 34.0 Å². The minimum absolute atomic E-state index is 0.0469. The van der Waals surface area contributed by atoms with E-state index in [9.17, 15) is 14.3 Å². The van der Waals surface area contributed by atoms with Crippen LogP contribution in [0.2, 0.25) is 0 Å². The van der Waals surface area contributed by atoms with Gasteiger partial charge in [0.2, 0.25) is 0 Å². The summed E-state index contributed by atoms with van der Waals surface area (Å²) in [6, 6.07) is 0. The lowest BCUT2D eigenvalue weighted by molar-refractivity contribution is -0.870. The number of unbranched alkanes of at least 4 members (excludes halogenated alkanes) is 27. The Morgan fingerprint density at radius 2 is 0.964 bits per heavy atom. The minimum Gasteiger partial charge on any atom is -0.498 e. The number of phosphoric ester groups is 1. The highest BCUT2D eigenvalue weighted by Crippen LogP contribution is 2.43. The Morgan fingerprint density at radius 1 is 0.564 bits per heavy atom. The molecule has 0 amide bonds. The van der Waals surface area contributed by atoms with Gasteiger partial charge in [-0.25, -0.2) is 4.57 Å². The fourth-order valence-corrected chi connectivity index (χ4v) is 7.20. The zero-order valence-corrected chi connectivity index (χ0v) is 37.8. The summed E-state index contributed by atoms with van der Waals surface area (Å²) < 4.78 is 34.8. The molecular weight excluding hydrogens is 709 g/mol. The maximum atomic E-state index is 12.7. The summed E-state index contributed by atoms with van der Waals surface area (Å²) in [5.74, 6) is -0.335. The molecular formula is C46H91NO7P+. The molecule has 0 bridgehead atoms. The van der Waals surface area contributed by atoms with Gasteiger partial charge in [-0.15, -0.1) is 0 Å². The molecule has 55 heavy (non-hydrogen) atoms. The number of nitrogens with zero attached hydrogens (tertiary/aromatic N) is 1. The number of phosphoric acid groups is 1. The van der Waals surface area contributed by atoms with E-state index < -0.39 is 13.9 Å². The van der Waals surface area contributed by atoms with Gasteiger partial charge in [-0.05, 0) is 51.0 Å². The normalized spacial score (nSPS) is 13.9. The molecule has 0 fully saturated rings. The van der Waals surface area contributed by atoms with Gasteiger partial charge in [-0.1, -0.05) is 174 Å². The van der Waals surface area contributed by atoms with Crippen molar-refractivity contribution in [3.8, 4) is 0 Å². The van der Waals surface area contributed by atoms with Crippen molar-refractivity contribution in [2.75, 3.05) is 47.5 Å². The molecule has 0 aliphatic rings. The van der Waals surface area contributed by atoms with Gasteiger partial charge in [0.15, 0.2) is 6.10 Å². The Kier molecular flexibility index (Phi) is 38.8. The first-order chi connectivity index (χ1) is 26.6. The van der Waals surface area contributed by atoms with Crippen LogP contribution in [0.25, 0.3) is 0 Å². The van der Waals surface area contributed by atoms with E-state index in [4.69, 9.17) is 18.5 Å². The van der Waals surface area contributed by atoms with Crippen LogP contribution in [0.4, 0.5) is 0 Å². The van der Waals surface area contributed by atoms with Crippen LogP contribution in [0.5, 0.6) is 0 Å². The van der Waals surface area contributed by atoms with Crippen LogP contribution in [0.1, 0.15) is 213 Å². The van der Waals surface area contributed by atoms with Crippen LogP contribution in [0, 0.1) is 0 Å². The topological polar surface area (TPSA) is 91.3 Å². The second kappa shape index (κ2) is 39.6. The van der Waals surface area contributed by atoms with E-state index in [1.807, 2.05) is 27.2 Å². The van der Waals surface area contributed by atoms with Crippen LogP contribution < -0.4 is 0 Å². The number of esters is 1. The number of allylic oxidation sites excluding steroid dienone is 3. The van der Waals surface area contributed by atoms with Gasteiger partial charge in [0, 0.05) is 6.42 Å². The van der Waals surface area contributed by atoms with Crippen LogP contribution >= 0.6 is 7.82 Å². The second-order valence-electron chi connectivity index (χ2n) is 16.9. The number of carbonyl (C=O) groups is 1. The molecule has 8 nitrogen and oxygen atoms in total. The maximum absolute atomic E-state index is 12.7. The minimum atomic E-state index is -4.29. The molecule has 0 heterocycles. The predicted octanol–water partition coefficient (Wildman–Crippen LogP) is 14.0. The van der Waals surface area contributed by atoms with Crippen molar-refractivity contribution < 1.29 is 37.3 Å². The monoisotopic (exact) mass is 801 g/mol. The molecule has 0 aliphatic heterocycles. The zero-order chi connectivity index (χ0) is 40.6. The van der Waals surface area contributed by atoms with E-state index in [1.54, 1.807) is 6.26 Å². The maximum Gasteiger partial charge on any atom is 0.472 e. The summed E-state index contributed by atoms with van der Waals surface area (Å²) in [5.41, 5.74) is 0. The number of rotatable bonds is 43. The van der Waals surface area contributed by atoms with Crippen molar-refractivity contribution >= 4 is 13.8 Å². The van der Waals surface area contributed by atoms with Crippen molar-refractivity contribution in [3.63, 3.8) is 0 Å². The quantitative estimate of drug-likeness (QED) is 0.0164. The number of ether oxygens (including phenoxy) is 2. The lowest BCUT2D eigenvalue weighted by atomic mass is 10.0. The predicted molar refractivity (Wildman–Crippen MR) is 233 cm³/mol. The van der Waals surface area contributed by atoms with E-state index >= 15 is 0 Å². The molecule has 0 saturated carbocycles. The van der Waals surface area contributed by atoms with Gasteiger partial charge in [0.1, 0.15) is 19.8 Å². The molecule has 2 atom stereocenters. The Labute approximate surface area is 341 Å². The van der Waals surface area contributed by atoms with E-state index in [0.29, 0.717) is 17.4 Å². The molecule has 2 unspecified atom stereocenters. The number of hydrogen-bond donors (Lipinski definition) is 1. The van der Waals surface area contributed by atoms with Crippen molar-refractivity contribution in [2.24, 2.45) is 0 Å². The Morgan fingerprint density at radius 3 is 1.40 bits per heavy atom. The number of hydrogen-bond acceptors (Lipinski definition) is 6. The highest BCUT2D eigenvalue weighted by atomic mass is 31.2. The zero-order valence-electron chi connectivity index (χ0n) is 36.9. The molecule has 0 radical (unpaired) electrons. The first-order valence-corrected chi connectivity index (χ1v) is 24.6. The molecule has 0 aliphatic carbocycles. The Bertz CT molecular complexity index is 936. The van der Waals surface area contributed by atoms with Crippen molar-refractivity contribution in [2.45, 2.75) is 219 Å². The van der Waals surface area contributed by atoms with Crippen LogP contribution in [-0.4, -0.2) is 69.0 Å². The van der Waals surface area contributed by atoms with Gasteiger partial charge in [-0.2, -0.15) is 0 Å². The average Bonchev–Trinajstić information content (AvgIpc) is 3.13. The Balaban J connectivity index is 4.25. The summed E-state index contributed by atoms with van der Waals surface area (Å²) in [7, 11) is 1.64. The summed E-state index contributed by atoms with van der Waals surface area (Å²) in [6.45, 7) is 4.94. The summed E-state index contributed by atoms with van der Waals surface area (Å²) in [4.78, 5) is 22.9. The SMILES string of the molecule is CCCCCCCC/C=C\CCCCCC/C=C\OCC(COP(=O)(O)OCC[N+](C)(C)C)OC(=O)CCCCCCCCCCCCCCCCCCC. The highest BCUT2D eigenvalue weighted by Gasteiger charge is 2.26. The molecule has 9 heteroatoms. The average molecular weight is 801 g/mol. The standard InChI is InChI=1S/C46H90NO7P/c1-6-8-10-12-14-16-18-20-22-24-25-27-29-31-33-35-37-39-46(48)54-45(44-53-55(49,50)52-42-40-47(3,4)5)43-51-41-38-36-34-32-30-28-26-23-21-19-17-15-13-11-9-7-2/h21,23,38,41,45H,6-20,22,24-37,39-40,42-44H2,1-5H3/p+1/b23-21-,41-38-. The first kappa shape index (κ1) is 53.8. The van der Waals surface area contributed by atoms with E-state index in [-0.39, 0.29) is 25.8 Å². The molecule has 0 aromatic heterocycles. The number of carbonyl (C=O) groups excluding carboxylic acids is 1. The number of quaternary nitrogens is 1. The van der Waals surface area contributed by atoms with Gasteiger partial charge in [-0.3, -0.25) is 13.8 Å². The first-order valence-electron chi connectivity index (χ1n) is 23.1. The van der Waals surface area contributed by atoms with E-state index in [0.717, 1.165) is 38.5 Å². The molecule has 326 valence electrons. The fraction of sp³-hybridized carbons (Fsp3) is 0.891. The largest absolute Gasteiger partial charge is 0.498 e. The van der Waals surface area contributed by atoms with Crippen LogP contribution in [-0.2, 0) is 27.9 Å². The Hall–Kier alpha value is -1.18. The van der Waals surface area contributed by atoms with E-state index in [2.05, 4.69) is 26.0 Å². The van der Waals surface area contributed by atoms with Crippen LogP contribution in [0.3, 0.4) is 0 Å². The highest BCUT2D eigenvalue weighted by molar-refractivity contribution is 7.47. The van der Waals surface area contributed by atoms with Gasteiger partial charge >= 0.3 is 13.8 Å². The third-order valence-electron chi connectivity index (χ3n) is 10.1. The fourth-order valence-electron chi connectivity index (χ4n) is 6.45. The van der Waals surface area contributed by atoms with E-state index in [1.165, 1.54) is 154 Å². The third kappa shape index (κ3) is 43.8. The number of likely N-dealkylation sites (N-methyl/N-ethyl adjacent to an activating group) is 1. The second-order valence-corrected chi connectivity index (χ2v) is 18.3. The van der Waals surface area contributed by atoms with Crippen molar-refractivity contribution in [1.82, 2.24) is 0 Å². The molecule has 1 N–H and O–H groups in total. The molecule has 0 saturated heterocycles. The van der Waals surface area contributed by atoms with Crippen molar-refractivity contribution in [3.05, 3.63) is 24.5 Å². The molecule has 0 spiro atoms. The third-order valence-corrected chi connectivity index (χ3v) is 11.1. The molecule has 0 aromatic rings.